The van der Waals surface area contributed by atoms with Crippen LogP contribution >= 0.6 is 23.5 Å². The molecule has 0 bridgehead atoms. The van der Waals surface area contributed by atoms with Crippen LogP contribution in [0.5, 0.6) is 0 Å². The predicted octanol–water partition coefficient (Wildman–Crippen LogP) is 3.07. The second kappa shape index (κ2) is 9.17. The number of fused-ring (bicyclic) bond motifs is 2. The summed E-state index contributed by atoms with van der Waals surface area (Å²) in [6.45, 7) is 5.69. The van der Waals surface area contributed by atoms with Crippen molar-refractivity contribution in [3.05, 3.63) is 36.4 Å². The summed E-state index contributed by atoms with van der Waals surface area (Å²) >= 11 is -0.829. The van der Waals surface area contributed by atoms with Crippen LogP contribution in [0.25, 0.3) is 0 Å². The number of rotatable bonds is 7. The molecule has 4 atom stereocenters. The first-order valence-corrected chi connectivity index (χ1v) is 13.3. The predicted molar refractivity (Wildman–Crippen MR) is 123 cm³/mol. The van der Waals surface area contributed by atoms with Crippen LogP contribution in [0.3, 0.4) is 0 Å². The van der Waals surface area contributed by atoms with Crippen molar-refractivity contribution in [3.63, 3.8) is 0 Å². The van der Waals surface area contributed by atoms with Gasteiger partial charge in [-0.2, -0.15) is 0 Å². The van der Waals surface area contributed by atoms with Gasteiger partial charge in [-0.15, -0.1) is 0 Å². The summed E-state index contributed by atoms with van der Waals surface area (Å²) in [4.78, 5) is 7.07. The molecule has 0 saturated carbocycles. The molecule has 0 fully saturated rings. The second-order valence-electron chi connectivity index (χ2n) is 6.56. The molecule has 3 unspecified atom stereocenters. The number of nitrogens with one attached hydrogen (secondary N) is 2. The molecule has 0 aromatic heterocycles. The van der Waals surface area contributed by atoms with E-state index in [1.54, 1.807) is 47.8 Å². The first kappa shape index (κ1) is 22.1. The summed E-state index contributed by atoms with van der Waals surface area (Å²) in [6.07, 6.45) is 0. The van der Waals surface area contributed by atoms with Gasteiger partial charge < -0.3 is 18.9 Å². The van der Waals surface area contributed by atoms with Gasteiger partial charge in [-0.25, -0.2) is 19.3 Å². The highest BCUT2D eigenvalue weighted by atomic mass is 32.2. The number of thioether (sulfide) groups is 2. The van der Waals surface area contributed by atoms with Crippen LogP contribution in [0.2, 0.25) is 0 Å². The Morgan fingerprint density at radius 3 is 1.57 bits per heavy atom. The van der Waals surface area contributed by atoms with Gasteiger partial charge in [-0.1, -0.05) is 23.5 Å². The summed E-state index contributed by atoms with van der Waals surface area (Å²) in [7, 11) is 0. The third-order valence-electron chi connectivity index (χ3n) is 4.94. The molecule has 2 aromatic carbocycles. The van der Waals surface area contributed by atoms with Crippen molar-refractivity contribution in [3.8, 4) is 0 Å². The summed E-state index contributed by atoms with van der Waals surface area (Å²) < 4.78 is 41.5. The summed E-state index contributed by atoms with van der Waals surface area (Å²) in [5, 5.41) is 0. The maximum absolute atomic E-state index is 11.4. The molecule has 0 saturated heterocycles. The molecule has 0 spiro atoms. The molecule has 30 heavy (non-hydrogen) atoms. The molecule has 0 amide bonds. The van der Waals surface area contributed by atoms with E-state index < -0.39 is 22.2 Å². The fourth-order valence-electron chi connectivity index (χ4n) is 3.52. The third-order valence-corrected chi connectivity index (χ3v) is 8.61. The molecule has 8 nitrogen and oxygen atoms in total. The SMILES string of the molecule is CCN1c2ccc(S(=O)O)cc2SC1NN[C@H]1Sc2cc(S(=O)O)ccc2N1CC. The maximum Gasteiger partial charge on any atom is 0.186 e. The molecule has 2 aliphatic rings. The minimum atomic E-state index is -2.00. The number of hydrogen-bond acceptors (Lipinski definition) is 8. The molecule has 2 aliphatic heterocycles. The lowest BCUT2D eigenvalue weighted by Gasteiger charge is -2.30. The highest BCUT2D eigenvalue weighted by molar-refractivity contribution is 8.00. The van der Waals surface area contributed by atoms with Gasteiger partial charge >= 0.3 is 0 Å². The Kier molecular flexibility index (Phi) is 6.75. The number of hydrogen-bond donors (Lipinski definition) is 4. The minimum absolute atomic E-state index is 0.0732. The van der Waals surface area contributed by atoms with Gasteiger partial charge in [0.1, 0.15) is 11.0 Å². The fraction of sp³-hybridized carbons (Fsp3) is 0.333. The van der Waals surface area contributed by atoms with E-state index >= 15 is 0 Å². The van der Waals surface area contributed by atoms with E-state index in [0.717, 1.165) is 34.3 Å². The van der Waals surface area contributed by atoms with Crippen molar-refractivity contribution < 1.29 is 17.5 Å². The highest BCUT2D eigenvalue weighted by Gasteiger charge is 2.33. The summed E-state index contributed by atoms with van der Waals surface area (Å²) in [5.74, 6) is 0. The molecular weight excluding hydrogens is 464 g/mol. The topological polar surface area (TPSA) is 105 Å². The van der Waals surface area contributed by atoms with Crippen molar-refractivity contribution in [1.29, 1.82) is 0 Å². The first-order valence-electron chi connectivity index (χ1n) is 9.30. The lowest BCUT2D eigenvalue weighted by atomic mass is 10.3. The zero-order valence-electron chi connectivity index (χ0n) is 16.3. The van der Waals surface area contributed by atoms with Gasteiger partial charge in [0, 0.05) is 22.9 Å². The first-order chi connectivity index (χ1) is 14.4. The van der Waals surface area contributed by atoms with E-state index in [9.17, 15) is 17.5 Å². The molecule has 0 radical (unpaired) electrons. The maximum atomic E-state index is 11.4. The Hall–Kier alpha value is -1.12. The van der Waals surface area contributed by atoms with Gasteiger partial charge in [-0.3, -0.25) is 0 Å². The second-order valence-corrected chi connectivity index (χ2v) is 10.7. The summed E-state index contributed by atoms with van der Waals surface area (Å²) in [5.41, 5.74) is 8.68. The molecule has 4 N–H and O–H groups in total. The molecule has 2 heterocycles. The van der Waals surface area contributed by atoms with Crippen molar-refractivity contribution in [2.45, 2.75) is 44.4 Å². The summed E-state index contributed by atoms with van der Waals surface area (Å²) in [6, 6.07) is 10.6. The number of hydrazine groups is 1. The van der Waals surface area contributed by atoms with Crippen LogP contribution in [-0.2, 0) is 22.2 Å². The van der Waals surface area contributed by atoms with Crippen LogP contribution < -0.4 is 20.7 Å². The Labute approximate surface area is 188 Å². The van der Waals surface area contributed by atoms with E-state index in [-0.39, 0.29) is 11.0 Å². The highest BCUT2D eigenvalue weighted by Crippen LogP contribution is 2.44. The standard InChI is InChI=1S/C18H22N4O4S4/c1-3-21-13-7-5-11(29(23)24)9-15(13)27-17(21)19-20-18-22(4-2)14-8-6-12(30(25)26)10-16(14)28-18/h5-10,17-20H,3-4H2,1-2H3,(H,23,24)(H,25,26)/t17-,18?/m1/s1. The van der Waals surface area contributed by atoms with Gasteiger partial charge in [-0.05, 0) is 50.2 Å². The van der Waals surface area contributed by atoms with Crippen LogP contribution in [0, 0.1) is 0 Å². The number of anilines is 2. The smallest absolute Gasteiger partial charge is 0.186 e. The zero-order chi connectivity index (χ0) is 21.4. The Morgan fingerprint density at radius 2 is 1.23 bits per heavy atom. The number of nitrogens with zero attached hydrogens (tertiary/aromatic N) is 2. The molecule has 12 heteroatoms. The molecule has 2 aromatic rings. The van der Waals surface area contributed by atoms with E-state index in [0.29, 0.717) is 9.79 Å². The van der Waals surface area contributed by atoms with Crippen molar-refractivity contribution in [1.82, 2.24) is 10.9 Å². The van der Waals surface area contributed by atoms with E-state index in [2.05, 4.69) is 34.5 Å². The van der Waals surface area contributed by atoms with Crippen LogP contribution in [0.15, 0.2) is 56.0 Å². The molecule has 0 aliphatic carbocycles. The average Bonchev–Trinajstić information content (AvgIpc) is 3.27. The largest absolute Gasteiger partial charge is 0.345 e. The van der Waals surface area contributed by atoms with E-state index in [1.807, 2.05) is 12.1 Å². The van der Waals surface area contributed by atoms with Crippen LogP contribution in [0.4, 0.5) is 11.4 Å². The molecule has 4 rings (SSSR count). The van der Waals surface area contributed by atoms with E-state index in [4.69, 9.17) is 0 Å². The minimum Gasteiger partial charge on any atom is -0.345 e. The zero-order valence-corrected chi connectivity index (χ0v) is 19.5. The monoisotopic (exact) mass is 486 g/mol. The van der Waals surface area contributed by atoms with E-state index in [1.165, 1.54) is 0 Å². The molecule has 162 valence electrons. The third kappa shape index (κ3) is 4.15. The van der Waals surface area contributed by atoms with Crippen LogP contribution in [0.1, 0.15) is 13.8 Å². The Morgan fingerprint density at radius 1 is 0.833 bits per heavy atom. The lowest BCUT2D eigenvalue weighted by Crippen LogP contribution is -2.54. The average molecular weight is 487 g/mol. The van der Waals surface area contributed by atoms with Crippen molar-refractivity contribution in [2.24, 2.45) is 0 Å². The fourth-order valence-corrected chi connectivity index (χ4v) is 6.99. The Bertz CT molecular complexity index is 929. The van der Waals surface area contributed by atoms with Crippen molar-refractivity contribution >= 4 is 57.1 Å². The van der Waals surface area contributed by atoms with Crippen LogP contribution in [-0.4, -0.2) is 41.6 Å². The number of benzene rings is 2. The van der Waals surface area contributed by atoms with Gasteiger partial charge in [0.2, 0.25) is 0 Å². The normalized spacial score (nSPS) is 22.1. The van der Waals surface area contributed by atoms with Crippen molar-refractivity contribution in [2.75, 3.05) is 22.9 Å². The molecular formula is C18H22N4O4S4. The van der Waals surface area contributed by atoms with Gasteiger partial charge in [0.25, 0.3) is 0 Å². The Balaban J connectivity index is 1.47. The lowest BCUT2D eigenvalue weighted by molar-refractivity contribution is 0.478. The van der Waals surface area contributed by atoms with Gasteiger partial charge in [0.15, 0.2) is 22.2 Å². The van der Waals surface area contributed by atoms with Gasteiger partial charge in [0.05, 0.1) is 21.2 Å². The quantitative estimate of drug-likeness (QED) is 0.345.